The number of anilines is 2. The molecule has 0 bridgehead atoms. The molecule has 0 aliphatic carbocycles. The molecule has 0 aliphatic rings. The second-order valence-electron chi connectivity index (χ2n) is 6.48. The molecule has 144 valence electrons. The Bertz CT molecular complexity index is 909. The highest BCUT2D eigenvalue weighted by molar-refractivity contribution is 5.91. The molecule has 6 heteroatoms. The van der Waals surface area contributed by atoms with Crippen molar-refractivity contribution in [3.63, 3.8) is 0 Å². The first kappa shape index (κ1) is 19.4. The Hall–Kier alpha value is -3.41. The molecule has 0 saturated carbocycles. The Balaban J connectivity index is 1.46. The van der Waals surface area contributed by atoms with E-state index < -0.39 is 0 Å². The molecule has 0 spiro atoms. The zero-order chi connectivity index (χ0) is 19.8. The van der Waals surface area contributed by atoms with Gasteiger partial charge in [0.25, 0.3) is 0 Å². The van der Waals surface area contributed by atoms with Crippen LogP contribution in [0.5, 0.6) is 5.75 Å². The van der Waals surface area contributed by atoms with Crippen LogP contribution in [0.15, 0.2) is 60.7 Å². The van der Waals surface area contributed by atoms with Crippen LogP contribution in [-0.2, 0) is 17.6 Å². The van der Waals surface area contributed by atoms with Gasteiger partial charge in [-0.3, -0.25) is 4.79 Å². The number of hydrogen-bond acceptors (Lipinski definition) is 5. The molecule has 0 aliphatic heterocycles. The van der Waals surface area contributed by atoms with Gasteiger partial charge in [0.1, 0.15) is 11.6 Å². The highest BCUT2D eigenvalue weighted by Gasteiger charge is 2.07. The molecule has 1 aromatic heterocycles. The third kappa shape index (κ3) is 5.54. The van der Waals surface area contributed by atoms with Crippen molar-refractivity contribution in [2.24, 2.45) is 0 Å². The lowest BCUT2D eigenvalue weighted by Crippen LogP contribution is -2.16. The summed E-state index contributed by atoms with van der Waals surface area (Å²) in [5, 5.41) is 14.2. The van der Waals surface area contributed by atoms with Crippen molar-refractivity contribution in [2.75, 3.05) is 24.3 Å². The van der Waals surface area contributed by atoms with E-state index in [-0.39, 0.29) is 5.91 Å². The topological polar surface area (TPSA) is 76.1 Å². The van der Waals surface area contributed by atoms with Gasteiger partial charge in [-0.25, -0.2) is 0 Å². The van der Waals surface area contributed by atoms with E-state index in [2.05, 4.69) is 20.8 Å². The fourth-order valence-corrected chi connectivity index (χ4v) is 2.79. The summed E-state index contributed by atoms with van der Waals surface area (Å²) in [4.78, 5) is 12.2. The summed E-state index contributed by atoms with van der Waals surface area (Å²) in [5.74, 6) is 1.86. The molecule has 1 amide bonds. The van der Waals surface area contributed by atoms with E-state index in [4.69, 9.17) is 4.74 Å². The first-order chi connectivity index (χ1) is 13.6. The van der Waals surface area contributed by atoms with Crippen LogP contribution in [0.3, 0.4) is 0 Å². The van der Waals surface area contributed by atoms with E-state index in [0.29, 0.717) is 18.1 Å². The van der Waals surface area contributed by atoms with Crippen molar-refractivity contribution in [3.8, 4) is 5.75 Å². The van der Waals surface area contributed by atoms with E-state index in [0.717, 1.165) is 29.8 Å². The molecular formula is C22H24N4O2. The number of carbonyl (C=O) groups excluding carboxylic acids is 1. The van der Waals surface area contributed by atoms with Gasteiger partial charge in [-0.2, -0.15) is 0 Å². The zero-order valence-corrected chi connectivity index (χ0v) is 16.1. The molecule has 2 N–H and O–H groups in total. The maximum absolute atomic E-state index is 12.2. The van der Waals surface area contributed by atoms with Crippen LogP contribution in [0, 0.1) is 6.92 Å². The molecule has 0 radical (unpaired) electrons. The summed E-state index contributed by atoms with van der Waals surface area (Å²) in [6.45, 7) is 2.73. The predicted octanol–water partition coefficient (Wildman–Crippen LogP) is 3.63. The second-order valence-corrected chi connectivity index (χ2v) is 6.48. The maximum atomic E-state index is 12.2. The van der Waals surface area contributed by atoms with Gasteiger partial charge < -0.3 is 15.4 Å². The van der Waals surface area contributed by atoms with Crippen LogP contribution in [0.2, 0.25) is 0 Å². The summed E-state index contributed by atoms with van der Waals surface area (Å²) in [7, 11) is 1.66. The molecule has 2 aromatic carbocycles. The summed E-state index contributed by atoms with van der Waals surface area (Å²) in [6.07, 6.45) is 1.18. The van der Waals surface area contributed by atoms with Crippen molar-refractivity contribution in [1.82, 2.24) is 10.2 Å². The van der Waals surface area contributed by atoms with Gasteiger partial charge in [0, 0.05) is 6.54 Å². The molecule has 1 heterocycles. The second kappa shape index (κ2) is 9.50. The van der Waals surface area contributed by atoms with Crippen molar-refractivity contribution in [1.29, 1.82) is 0 Å². The quantitative estimate of drug-likeness (QED) is 0.628. The lowest BCUT2D eigenvalue weighted by Gasteiger charge is -2.08. The van der Waals surface area contributed by atoms with E-state index in [1.807, 2.05) is 61.5 Å². The Kier molecular flexibility index (Phi) is 6.57. The molecular weight excluding hydrogens is 352 g/mol. The first-order valence-corrected chi connectivity index (χ1v) is 9.19. The number of rotatable bonds is 8. The number of amides is 1. The minimum Gasteiger partial charge on any atom is -0.497 e. The smallest absolute Gasteiger partial charge is 0.230 e. The predicted molar refractivity (Wildman–Crippen MR) is 111 cm³/mol. The monoisotopic (exact) mass is 376 g/mol. The molecule has 0 atom stereocenters. The minimum absolute atomic E-state index is 0.108. The average Bonchev–Trinajstić information content (AvgIpc) is 2.71. The fourth-order valence-electron chi connectivity index (χ4n) is 2.79. The van der Waals surface area contributed by atoms with E-state index in [1.165, 1.54) is 5.56 Å². The SMILES string of the molecule is COc1ccc(CCNc2ccc(NC(=O)Cc3ccccc3C)nn2)cc1. The zero-order valence-electron chi connectivity index (χ0n) is 16.1. The number of carbonyl (C=O) groups is 1. The number of ether oxygens (including phenoxy) is 1. The van der Waals surface area contributed by atoms with Gasteiger partial charge in [-0.15, -0.1) is 10.2 Å². The number of aromatic nitrogens is 2. The average molecular weight is 376 g/mol. The third-order valence-corrected chi connectivity index (χ3v) is 4.42. The van der Waals surface area contributed by atoms with Gasteiger partial charge in [-0.05, 0) is 54.3 Å². The van der Waals surface area contributed by atoms with Crippen LogP contribution in [0.25, 0.3) is 0 Å². The van der Waals surface area contributed by atoms with E-state index in [9.17, 15) is 4.79 Å². The first-order valence-electron chi connectivity index (χ1n) is 9.19. The normalized spacial score (nSPS) is 10.4. The van der Waals surface area contributed by atoms with Crippen LogP contribution < -0.4 is 15.4 Å². The van der Waals surface area contributed by atoms with Crippen molar-refractivity contribution >= 4 is 17.5 Å². The largest absolute Gasteiger partial charge is 0.497 e. The van der Waals surface area contributed by atoms with Crippen LogP contribution in [0.4, 0.5) is 11.6 Å². The molecule has 0 fully saturated rings. The summed E-state index contributed by atoms with van der Waals surface area (Å²) >= 11 is 0. The summed E-state index contributed by atoms with van der Waals surface area (Å²) in [5.41, 5.74) is 3.31. The number of hydrogen-bond donors (Lipinski definition) is 2. The van der Waals surface area contributed by atoms with Gasteiger partial charge in [0.15, 0.2) is 5.82 Å². The molecule has 3 rings (SSSR count). The maximum Gasteiger partial charge on any atom is 0.230 e. The van der Waals surface area contributed by atoms with Gasteiger partial charge >= 0.3 is 0 Å². The van der Waals surface area contributed by atoms with Crippen molar-refractivity contribution in [2.45, 2.75) is 19.8 Å². The minimum atomic E-state index is -0.108. The summed E-state index contributed by atoms with van der Waals surface area (Å²) < 4.78 is 5.16. The highest BCUT2D eigenvalue weighted by atomic mass is 16.5. The van der Waals surface area contributed by atoms with Gasteiger partial charge in [0.2, 0.25) is 5.91 Å². The standard InChI is InChI=1S/C22H24N4O2/c1-16-5-3-4-6-18(16)15-22(27)24-21-12-11-20(25-26-21)23-14-13-17-7-9-19(28-2)10-8-17/h3-12H,13-15H2,1-2H3,(H,23,25)(H,24,26,27). The lowest BCUT2D eigenvalue weighted by molar-refractivity contribution is -0.115. The van der Waals surface area contributed by atoms with Crippen molar-refractivity contribution in [3.05, 3.63) is 77.4 Å². The lowest BCUT2D eigenvalue weighted by atomic mass is 10.1. The Morgan fingerprint density at radius 3 is 2.36 bits per heavy atom. The highest BCUT2D eigenvalue weighted by Crippen LogP contribution is 2.13. The van der Waals surface area contributed by atoms with Crippen LogP contribution in [-0.4, -0.2) is 29.8 Å². The number of nitrogens with zero attached hydrogens (tertiary/aromatic N) is 2. The fraction of sp³-hybridized carbons (Fsp3) is 0.227. The van der Waals surface area contributed by atoms with Gasteiger partial charge in [-0.1, -0.05) is 36.4 Å². The molecule has 3 aromatic rings. The van der Waals surface area contributed by atoms with Crippen LogP contribution >= 0.6 is 0 Å². The number of benzene rings is 2. The summed E-state index contributed by atoms with van der Waals surface area (Å²) in [6, 6.07) is 19.4. The van der Waals surface area contributed by atoms with E-state index in [1.54, 1.807) is 13.2 Å². The Morgan fingerprint density at radius 1 is 0.964 bits per heavy atom. The Labute approximate surface area is 165 Å². The molecule has 28 heavy (non-hydrogen) atoms. The molecule has 0 saturated heterocycles. The van der Waals surface area contributed by atoms with Gasteiger partial charge in [0.05, 0.1) is 13.5 Å². The number of nitrogens with one attached hydrogen (secondary N) is 2. The third-order valence-electron chi connectivity index (χ3n) is 4.42. The Morgan fingerprint density at radius 2 is 1.68 bits per heavy atom. The molecule has 0 unspecified atom stereocenters. The molecule has 6 nitrogen and oxygen atoms in total. The van der Waals surface area contributed by atoms with Crippen molar-refractivity contribution < 1.29 is 9.53 Å². The number of methoxy groups -OCH3 is 1. The van der Waals surface area contributed by atoms with Crippen LogP contribution in [0.1, 0.15) is 16.7 Å². The number of aryl methyl sites for hydroxylation is 1. The van der Waals surface area contributed by atoms with E-state index >= 15 is 0 Å².